The van der Waals surface area contributed by atoms with Crippen LogP contribution in [0, 0.1) is 11.8 Å². The summed E-state index contributed by atoms with van der Waals surface area (Å²) in [6, 6.07) is 0. The van der Waals surface area contributed by atoms with Crippen molar-refractivity contribution >= 4 is 0 Å². The third kappa shape index (κ3) is 4.17. The fourth-order valence-corrected chi connectivity index (χ4v) is 2.28. The molecule has 1 fully saturated rings. The second-order valence-electron chi connectivity index (χ2n) is 4.95. The second-order valence-corrected chi connectivity index (χ2v) is 4.95. The summed E-state index contributed by atoms with van der Waals surface area (Å²) in [5.41, 5.74) is 1.52. The van der Waals surface area contributed by atoms with Crippen LogP contribution in [-0.4, -0.2) is 7.11 Å². The quantitative estimate of drug-likeness (QED) is 0.614. The Morgan fingerprint density at radius 3 is 2.93 bits per heavy atom. The lowest BCUT2D eigenvalue weighted by atomic mass is 9.82. The zero-order valence-corrected chi connectivity index (χ0v) is 9.88. The summed E-state index contributed by atoms with van der Waals surface area (Å²) in [6.07, 6.45) is 10.1. The molecule has 1 aliphatic rings. The summed E-state index contributed by atoms with van der Waals surface area (Å²) in [5, 5.41) is 0. The fourth-order valence-electron chi connectivity index (χ4n) is 2.28. The Morgan fingerprint density at radius 1 is 1.50 bits per heavy atom. The van der Waals surface area contributed by atoms with Gasteiger partial charge in [-0.3, -0.25) is 0 Å². The first-order valence-corrected chi connectivity index (χ1v) is 5.93. The van der Waals surface area contributed by atoms with Crippen molar-refractivity contribution in [1.82, 2.24) is 0 Å². The van der Waals surface area contributed by atoms with Gasteiger partial charge in [0.15, 0.2) is 0 Å². The van der Waals surface area contributed by atoms with Gasteiger partial charge < -0.3 is 4.74 Å². The molecule has 0 amide bonds. The van der Waals surface area contributed by atoms with Gasteiger partial charge in [-0.15, -0.1) is 0 Å². The van der Waals surface area contributed by atoms with E-state index in [-0.39, 0.29) is 0 Å². The topological polar surface area (TPSA) is 9.23 Å². The molecular formula is C13H24O. The number of methoxy groups -OCH3 is 1. The SMILES string of the molecule is CO/C=C1/CCCC(CCC(C)C)C1. The Labute approximate surface area is 88.5 Å². The van der Waals surface area contributed by atoms with E-state index >= 15 is 0 Å². The smallest absolute Gasteiger partial charge is 0.0816 e. The number of hydrogen-bond donors (Lipinski definition) is 0. The van der Waals surface area contributed by atoms with Crippen molar-refractivity contribution in [2.45, 2.75) is 52.4 Å². The minimum absolute atomic E-state index is 0.854. The highest BCUT2D eigenvalue weighted by molar-refractivity contribution is 5.02. The van der Waals surface area contributed by atoms with Gasteiger partial charge in [-0.1, -0.05) is 20.3 Å². The van der Waals surface area contributed by atoms with Gasteiger partial charge in [0.2, 0.25) is 0 Å². The van der Waals surface area contributed by atoms with Gasteiger partial charge in [-0.2, -0.15) is 0 Å². The molecule has 0 N–H and O–H groups in total. The van der Waals surface area contributed by atoms with Crippen LogP contribution in [0.2, 0.25) is 0 Å². The van der Waals surface area contributed by atoms with Gasteiger partial charge in [0.05, 0.1) is 13.4 Å². The first-order chi connectivity index (χ1) is 6.72. The fraction of sp³-hybridized carbons (Fsp3) is 0.846. The zero-order valence-electron chi connectivity index (χ0n) is 9.88. The van der Waals surface area contributed by atoms with E-state index in [2.05, 4.69) is 13.8 Å². The summed E-state index contributed by atoms with van der Waals surface area (Å²) >= 11 is 0. The minimum atomic E-state index is 0.854. The predicted octanol–water partition coefficient (Wildman–Crippen LogP) is 4.14. The molecule has 1 heteroatoms. The Bertz CT molecular complexity index is 182. The third-order valence-electron chi connectivity index (χ3n) is 3.10. The zero-order chi connectivity index (χ0) is 10.4. The first kappa shape index (κ1) is 11.6. The minimum Gasteiger partial charge on any atom is -0.504 e. The van der Waals surface area contributed by atoms with Crippen molar-refractivity contribution in [2.24, 2.45) is 11.8 Å². The predicted molar refractivity (Wildman–Crippen MR) is 61.1 cm³/mol. The molecule has 14 heavy (non-hydrogen) atoms. The van der Waals surface area contributed by atoms with E-state index in [1.165, 1.54) is 44.1 Å². The Morgan fingerprint density at radius 2 is 2.29 bits per heavy atom. The average molecular weight is 196 g/mol. The van der Waals surface area contributed by atoms with Gasteiger partial charge in [0, 0.05) is 0 Å². The van der Waals surface area contributed by atoms with Crippen molar-refractivity contribution in [3.63, 3.8) is 0 Å². The van der Waals surface area contributed by atoms with E-state index in [0.29, 0.717) is 0 Å². The molecule has 1 nitrogen and oxygen atoms in total. The lowest BCUT2D eigenvalue weighted by Gasteiger charge is -2.24. The van der Waals surface area contributed by atoms with E-state index in [0.717, 1.165) is 11.8 Å². The van der Waals surface area contributed by atoms with Crippen molar-refractivity contribution in [3.05, 3.63) is 11.8 Å². The van der Waals surface area contributed by atoms with Crippen molar-refractivity contribution in [2.75, 3.05) is 7.11 Å². The van der Waals surface area contributed by atoms with Gasteiger partial charge in [-0.05, 0) is 49.5 Å². The van der Waals surface area contributed by atoms with Gasteiger partial charge >= 0.3 is 0 Å². The second kappa shape index (κ2) is 6.10. The summed E-state index contributed by atoms with van der Waals surface area (Å²) < 4.78 is 5.09. The molecule has 1 aliphatic carbocycles. The molecule has 1 saturated carbocycles. The molecule has 82 valence electrons. The molecule has 0 saturated heterocycles. The summed E-state index contributed by atoms with van der Waals surface area (Å²) in [6.45, 7) is 4.63. The Kier molecular flexibility index (Phi) is 5.06. The molecule has 1 rings (SSSR count). The summed E-state index contributed by atoms with van der Waals surface area (Å²) in [7, 11) is 1.75. The van der Waals surface area contributed by atoms with Crippen LogP contribution in [0.1, 0.15) is 52.4 Å². The maximum Gasteiger partial charge on any atom is 0.0816 e. The monoisotopic (exact) mass is 196 g/mol. The standard InChI is InChI=1S/C13H24O/c1-11(2)7-8-12-5-4-6-13(9-12)10-14-3/h10-12H,4-9H2,1-3H3/b13-10-. The molecule has 0 aromatic heterocycles. The maximum atomic E-state index is 5.09. The number of rotatable bonds is 4. The summed E-state index contributed by atoms with van der Waals surface area (Å²) in [4.78, 5) is 0. The van der Waals surface area contributed by atoms with E-state index in [1.807, 2.05) is 6.26 Å². The number of ether oxygens (including phenoxy) is 1. The number of allylic oxidation sites excluding steroid dienone is 1. The molecule has 0 aromatic carbocycles. The van der Waals surface area contributed by atoms with Gasteiger partial charge in [0.1, 0.15) is 0 Å². The van der Waals surface area contributed by atoms with Crippen LogP contribution in [0.25, 0.3) is 0 Å². The largest absolute Gasteiger partial charge is 0.504 e. The van der Waals surface area contributed by atoms with Crippen LogP contribution in [0.4, 0.5) is 0 Å². The Balaban J connectivity index is 2.29. The third-order valence-corrected chi connectivity index (χ3v) is 3.10. The molecule has 0 bridgehead atoms. The normalized spacial score (nSPS) is 25.7. The van der Waals surface area contributed by atoms with Crippen molar-refractivity contribution < 1.29 is 4.74 Å². The number of hydrogen-bond acceptors (Lipinski definition) is 1. The van der Waals surface area contributed by atoms with E-state index in [9.17, 15) is 0 Å². The first-order valence-electron chi connectivity index (χ1n) is 5.93. The van der Waals surface area contributed by atoms with Crippen LogP contribution < -0.4 is 0 Å². The lowest BCUT2D eigenvalue weighted by Crippen LogP contribution is -2.09. The van der Waals surface area contributed by atoms with Crippen LogP contribution in [0.15, 0.2) is 11.8 Å². The van der Waals surface area contributed by atoms with Crippen molar-refractivity contribution in [3.8, 4) is 0 Å². The summed E-state index contributed by atoms with van der Waals surface area (Å²) in [5.74, 6) is 1.78. The highest BCUT2D eigenvalue weighted by Crippen LogP contribution is 2.32. The molecule has 1 atom stereocenters. The molecule has 0 heterocycles. The maximum absolute atomic E-state index is 5.09. The highest BCUT2D eigenvalue weighted by atomic mass is 16.5. The Hall–Kier alpha value is -0.460. The van der Waals surface area contributed by atoms with Crippen LogP contribution >= 0.6 is 0 Å². The van der Waals surface area contributed by atoms with Gasteiger partial charge in [0.25, 0.3) is 0 Å². The van der Waals surface area contributed by atoms with Crippen LogP contribution in [0.5, 0.6) is 0 Å². The molecular weight excluding hydrogens is 172 g/mol. The van der Waals surface area contributed by atoms with Gasteiger partial charge in [-0.25, -0.2) is 0 Å². The van der Waals surface area contributed by atoms with Crippen molar-refractivity contribution in [1.29, 1.82) is 0 Å². The lowest BCUT2D eigenvalue weighted by molar-refractivity contribution is 0.311. The molecule has 1 unspecified atom stereocenters. The van der Waals surface area contributed by atoms with E-state index < -0.39 is 0 Å². The van der Waals surface area contributed by atoms with Crippen LogP contribution in [-0.2, 0) is 4.74 Å². The highest BCUT2D eigenvalue weighted by Gasteiger charge is 2.17. The molecule has 0 aliphatic heterocycles. The molecule has 0 spiro atoms. The average Bonchev–Trinajstić information content (AvgIpc) is 2.16. The van der Waals surface area contributed by atoms with E-state index in [4.69, 9.17) is 4.74 Å². The van der Waals surface area contributed by atoms with Crippen LogP contribution in [0.3, 0.4) is 0 Å². The van der Waals surface area contributed by atoms with E-state index in [1.54, 1.807) is 7.11 Å². The molecule has 0 radical (unpaired) electrons. The molecule has 0 aromatic rings.